The van der Waals surface area contributed by atoms with E-state index in [9.17, 15) is 8.42 Å². The molecule has 39 heavy (non-hydrogen) atoms. The van der Waals surface area contributed by atoms with Crippen molar-refractivity contribution in [2.24, 2.45) is 0 Å². The van der Waals surface area contributed by atoms with Gasteiger partial charge in [0.1, 0.15) is 0 Å². The Morgan fingerprint density at radius 1 is 0.513 bits per heavy atom. The first-order valence-corrected chi connectivity index (χ1v) is 15.6. The van der Waals surface area contributed by atoms with Gasteiger partial charge in [-0.15, -0.1) is 11.6 Å². The number of benzene rings is 1. The monoisotopic (exact) mass is 598 g/mol. The molecule has 0 saturated carbocycles. The fourth-order valence-electron chi connectivity index (χ4n) is 3.05. The summed E-state index contributed by atoms with van der Waals surface area (Å²) in [4.78, 5) is 0.133. The van der Waals surface area contributed by atoms with Crippen LogP contribution in [0.5, 0.6) is 0 Å². The lowest BCUT2D eigenvalue weighted by molar-refractivity contribution is -0.0212. The molecule has 0 aliphatic heterocycles. The van der Waals surface area contributed by atoms with E-state index in [2.05, 4.69) is 0 Å². The summed E-state index contributed by atoms with van der Waals surface area (Å²) in [5.41, 5.74) is 0.979. The SMILES string of the molecule is Cc1ccc(S(=O)(=O)OCCOCCOCCOCCOCCOCCOCCOCCCCCCCl)cc1. The van der Waals surface area contributed by atoms with Crippen LogP contribution in [-0.4, -0.2) is 113 Å². The van der Waals surface area contributed by atoms with Crippen LogP contribution >= 0.6 is 11.6 Å². The highest BCUT2D eigenvalue weighted by molar-refractivity contribution is 7.86. The Morgan fingerprint density at radius 3 is 1.28 bits per heavy atom. The average molecular weight is 599 g/mol. The molecular formula is C27H47ClO10S. The Hall–Kier alpha value is -0.860. The van der Waals surface area contributed by atoms with Gasteiger partial charge in [0.2, 0.25) is 0 Å². The highest BCUT2D eigenvalue weighted by Gasteiger charge is 2.14. The minimum absolute atomic E-state index is 0.0514. The maximum absolute atomic E-state index is 12.0. The third-order valence-corrected chi connectivity index (χ3v) is 6.77. The number of halogens is 1. The van der Waals surface area contributed by atoms with E-state index in [0.29, 0.717) is 79.3 Å². The Labute approximate surface area is 239 Å². The quantitative estimate of drug-likeness (QED) is 0.0771. The Kier molecular flexibility index (Phi) is 24.2. The Morgan fingerprint density at radius 2 is 0.872 bits per heavy atom. The van der Waals surface area contributed by atoms with Gasteiger partial charge < -0.3 is 33.2 Å². The highest BCUT2D eigenvalue weighted by atomic mass is 35.5. The minimum Gasteiger partial charge on any atom is -0.379 e. The van der Waals surface area contributed by atoms with E-state index in [1.807, 2.05) is 6.92 Å². The molecule has 0 aliphatic carbocycles. The van der Waals surface area contributed by atoms with E-state index in [1.165, 1.54) is 12.1 Å². The topological polar surface area (TPSA) is 108 Å². The lowest BCUT2D eigenvalue weighted by atomic mass is 10.2. The van der Waals surface area contributed by atoms with Gasteiger partial charge in [-0.3, -0.25) is 4.18 Å². The summed E-state index contributed by atoms with van der Waals surface area (Å²) in [6, 6.07) is 6.49. The number of unbranched alkanes of at least 4 members (excludes halogenated alkanes) is 3. The smallest absolute Gasteiger partial charge is 0.297 e. The summed E-state index contributed by atoms with van der Waals surface area (Å²) < 4.78 is 67.1. The van der Waals surface area contributed by atoms with Crippen LogP contribution in [0.4, 0.5) is 0 Å². The van der Waals surface area contributed by atoms with Crippen LogP contribution in [-0.2, 0) is 47.5 Å². The molecule has 0 heterocycles. The number of ether oxygens (including phenoxy) is 7. The van der Waals surface area contributed by atoms with Gasteiger partial charge in [-0.25, -0.2) is 0 Å². The first kappa shape index (κ1) is 36.2. The predicted octanol–water partition coefficient (Wildman–Crippen LogP) is 3.62. The van der Waals surface area contributed by atoms with Crippen molar-refractivity contribution in [3.05, 3.63) is 29.8 Å². The maximum atomic E-state index is 12.0. The van der Waals surface area contributed by atoms with Gasteiger partial charge in [-0.1, -0.05) is 30.5 Å². The molecule has 0 aromatic heterocycles. The second kappa shape index (κ2) is 26.1. The largest absolute Gasteiger partial charge is 0.379 e. The van der Waals surface area contributed by atoms with Crippen molar-refractivity contribution >= 4 is 21.7 Å². The van der Waals surface area contributed by atoms with Gasteiger partial charge in [-0.2, -0.15) is 8.42 Å². The molecule has 1 aromatic rings. The first-order valence-electron chi connectivity index (χ1n) is 13.6. The van der Waals surface area contributed by atoms with Crippen LogP contribution in [0.1, 0.15) is 31.2 Å². The van der Waals surface area contributed by atoms with Crippen molar-refractivity contribution in [3.8, 4) is 0 Å². The zero-order chi connectivity index (χ0) is 28.3. The van der Waals surface area contributed by atoms with Crippen LogP contribution in [0.15, 0.2) is 29.2 Å². The highest BCUT2D eigenvalue weighted by Crippen LogP contribution is 2.12. The molecule has 1 aromatic carbocycles. The summed E-state index contributed by atoms with van der Waals surface area (Å²) in [6.45, 7) is 8.59. The van der Waals surface area contributed by atoms with Crippen molar-refractivity contribution in [1.82, 2.24) is 0 Å². The molecule has 0 fully saturated rings. The molecule has 0 saturated heterocycles. The molecule has 0 radical (unpaired) electrons. The molecule has 0 unspecified atom stereocenters. The molecular weight excluding hydrogens is 552 g/mol. The fraction of sp³-hybridized carbons (Fsp3) is 0.778. The van der Waals surface area contributed by atoms with Crippen molar-refractivity contribution in [2.45, 2.75) is 37.5 Å². The van der Waals surface area contributed by atoms with Crippen LogP contribution in [0.2, 0.25) is 0 Å². The standard InChI is InChI=1S/C27H47ClO10S/c1-26-6-8-27(9-7-26)39(29,30)38-25-24-37-23-22-36-21-20-35-19-18-34-17-16-33-15-14-32-13-12-31-11-5-3-2-4-10-28/h6-9H,2-5,10-25H2,1H3. The van der Waals surface area contributed by atoms with Crippen molar-refractivity contribution in [1.29, 1.82) is 0 Å². The number of alkyl halides is 1. The van der Waals surface area contributed by atoms with Gasteiger partial charge in [0.15, 0.2) is 0 Å². The third-order valence-electron chi connectivity index (χ3n) is 5.18. The van der Waals surface area contributed by atoms with Crippen molar-refractivity contribution < 1.29 is 45.8 Å². The summed E-state index contributed by atoms with van der Waals surface area (Å²) in [6.07, 6.45) is 4.47. The third kappa shape index (κ3) is 22.5. The molecule has 0 atom stereocenters. The molecule has 0 N–H and O–H groups in total. The lowest BCUT2D eigenvalue weighted by Crippen LogP contribution is -2.15. The summed E-state index contributed by atoms with van der Waals surface area (Å²) in [5.74, 6) is 0.737. The van der Waals surface area contributed by atoms with Crippen molar-refractivity contribution in [2.75, 3.05) is 105 Å². The molecule has 12 heteroatoms. The molecule has 0 bridgehead atoms. The molecule has 0 aliphatic rings. The first-order chi connectivity index (χ1) is 19.1. The average Bonchev–Trinajstić information content (AvgIpc) is 2.93. The van der Waals surface area contributed by atoms with Gasteiger partial charge in [0.05, 0.1) is 97.4 Å². The van der Waals surface area contributed by atoms with E-state index in [1.54, 1.807) is 12.1 Å². The second-order valence-corrected chi connectivity index (χ2v) is 10.5. The van der Waals surface area contributed by atoms with Gasteiger partial charge in [0, 0.05) is 12.5 Å². The van der Waals surface area contributed by atoms with Crippen LogP contribution in [0, 0.1) is 6.92 Å². The summed E-state index contributed by atoms with van der Waals surface area (Å²) >= 11 is 5.64. The lowest BCUT2D eigenvalue weighted by Gasteiger charge is -2.09. The molecule has 0 spiro atoms. The summed E-state index contributed by atoms with van der Waals surface area (Å²) in [7, 11) is -3.76. The van der Waals surface area contributed by atoms with E-state index in [4.69, 9.17) is 48.9 Å². The minimum atomic E-state index is -3.76. The number of rotatable bonds is 29. The second-order valence-electron chi connectivity index (χ2n) is 8.48. The fourth-order valence-corrected chi connectivity index (χ4v) is 4.13. The van der Waals surface area contributed by atoms with E-state index in [-0.39, 0.29) is 18.1 Å². The predicted molar refractivity (Wildman–Crippen MR) is 149 cm³/mol. The molecule has 10 nitrogen and oxygen atoms in total. The molecule has 1 rings (SSSR count). The number of aryl methyl sites for hydroxylation is 1. The Balaban J connectivity index is 1.72. The van der Waals surface area contributed by atoms with Gasteiger partial charge in [-0.05, 0) is 31.9 Å². The Bertz CT molecular complexity index is 764. The van der Waals surface area contributed by atoms with Gasteiger partial charge >= 0.3 is 0 Å². The zero-order valence-electron chi connectivity index (χ0n) is 23.3. The van der Waals surface area contributed by atoms with Crippen LogP contribution in [0.3, 0.4) is 0 Å². The summed E-state index contributed by atoms with van der Waals surface area (Å²) in [5, 5.41) is 0. The number of hydrogen-bond acceptors (Lipinski definition) is 10. The van der Waals surface area contributed by atoms with Crippen LogP contribution < -0.4 is 0 Å². The van der Waals surface area contributed by atoms with Crippen LogP contribution in [0.25, 0.3) is 0 Å². The maximum Gasteiger partial charge on any atom is 0.297 e. The van der Waals surface area contributed by atoms with Gasteiger partial charge in [0.25, 0.3) is 10.1 Å². The van der Waals surface area contributed by atoms with E-state index >= 15 is 0 Å². The van der Waals surface area contributed by atoms with Crippen molar-refractivity contribution in [3.63, 3.8) is 0 Å². The molecule has 228 valence electrons. The van der Waals surface area contributed by atoms with E-state index in [0.717, 1.165) is 43.7 Å². The van der Waals surface area contributed by atoms with E-state index < -0.39 is 10.1 Å². The number of hydrogen-bond donors (Lipinski definition) is 0. The normalized spacial score (nSPS) is 11.8. The molecule has 0 amide bonds. The zero-order valence-corrected chi connectivity index (χ0v) is 24.9.